The Balaban J connectivity index is 0.00000392. The first kappa shape index (κ1) is 24.5. The number of piperazine rings is 1. The molecule has 0 unspecified atom stereocenters. The number of hydrogen-bond donors (Lipinski definition) is 2. The molecule has 0 atom stereocenters. The summed E-state index contributed by atoms with van der Waals surface area (Å²) >= 11 is 0. The molecule has 1 fully saturated rings. The number of nitrogens with two attached hydrogens (primary N) is 1. The van der Waals surface area contributed by atoms with E-state index in [-0.39, 0.29) is 30.1 Å². The Hall–Kier alpha value is -1.55. The summed E-state index contributed by atoms with van der Waals surface area (Å²) in [5.41, 5.74) is 6.75. The minimum atomic E-state index is -0.450. The molecule has 1 aliphatic rings. The molecule has 3 N–H and O–H groups in total. The lowest BCUT2D eigenvalue weighted by molar-refractivity contribution is 0.0148. The summed E-state index contributed by atoms with van der Waals surface area (Å²) < 4.78 is 5.42. The molecule has 0 aliphatic carbocycles. The van der Waals surface area contributed by atoms with Gasteiger partial charge in [-0.2, -0.15) is 0 Å². The SMILES string of the molecule is CC(C)(C)OC(=O)N1CCN(CCN=C(N)NCCc2ccccc2)CC1.I. The van der Waals surface area contributed by atoms with Gasteiger partial charge in [0.15, 0.2) is 5.96 Å². The van der Waals surface area contributed by atoms with Gasteiger partial charge >= 0.3 is 6.09 Å². The first-order valence-corrected chi connectivity index (χ1v) is 9.61. The van der Waals surface area contributed by atoms with Gasteiger partial charge in [0.25, 0.3) is 0 Å². The summed E-state index contributed by atoms with van der Waals surface area (Å²) in [6.07, 6.45) is 0.691. The molecular weight excluding hydrogens is 469 g/mol. The molecule has 7 nitrogen and oxygen atoms in total. The first-order chi connectivity index (χ1) is 12.8. The number of nitrogens with zero attached hydrogens (tertiary/aromatic N) is 3. The molecule has 2 rings (SSSR count). The van der Waals surface area contributed by atoms with Crippen molar-refractivity contribution < 1.29 is 9.53 Å². The molecular formula is C20H34IN5O2. The van der Waals surface area contributed by atoms with Gasteiger partial charge in [-0.05, 0) is 32.8 Å². The van der Waals surface area contributed by atoms with Crippen LogP contribution in [0.1, 0.15) is 26.3 Å². The van der Waals surface area contributed by atoms with Crippen LogP contribution in [0.15, 0.2) is 35.3 Å². The Morgan fingerprint density at radius 2 is 1.82 bits per heavy atom. The van der Waals surface area contributed by atoms with Crippen molar-refractivity contribution in [3.63, 3.8) is 0 Å². The van der Waals surface area contributed by atoms with E-state index in [2.05, 4.69) is 27.3 Å². The predicted molar refractivity (Wildman–Crippen MR) is 124 cm³/mol. The number of aliphatic imine (C=N–C) groups is 1. The summed E-state index contributed by atoms with van der Waals surface area (Å²) in [6, 6.07) is 10.3. The fourth-order valence-corrected chi connectivity index (χ4v) is 2.83. The van der Waals surface area contributed by atoms with Crippen LogP contribution in [0.25, 0.3) is 0 Å². The number of benzene rings is 1. The van der Waals surface area contributed by atoms with Crippen molar-refractivity contribution in [1.82, 2.24) is 15.1 Å². The second-order valence-corrected chi connectivity index (χ2v) is 7.74. The summed E-state index contributed by atoms with van der Waals surface area (Å²) in [6.45, 7) is 10.9. The Kier molecular flexibility index (Phi) is 10.6. The lowest BCUT2D eigenvalue weighted by Crippen LogP contribution is -2.50. The molecule has 1 heterocycles. The van der Waals surface area contributed by atoms with Gasteiger partial charge < -0.3 is 20.7 Å². The molecule has 0 saturated carbocycles. The van der Waals surface area contributed by atoms with E-state index in [0.29, 0.717) is 25.6 Å². The Morgan fingerprint density at radius 3 is 2.43 bits per heavy atom. The third-order valence-electron chi connectivity index (χ3n) is 4.28. The van der Waals surface area contributed by atoms with Crippen LogP contribution in [-0.4, -0.2) is 73.3 Å². The first-order valence-electron chi connectivity index (χ1n) is 9.61. The maximum Gasteiger partial charge on any atom is 0.410 e. The average molecular weight is 503 g/mol. The summed E-state index contributed by atoms with van der Waals surface area (Å²) in [5.74, 6) is 0.485. The molecule has 0 radical (unpaired) electrons. The maximum atomic E-state index is 12.1. The zero-order chi connectivity index (χ0) is 19.7. The zero-order valence-electron chi connectivity index (χ0n) is 17.2. The van der Waals surface area contributed by atoms with Crippen molar-refractivity contribution in [3.05, 3.63) is 35.9 Å². The van der Waals surface area contributed by atoms with Gasteiger partial charge in [-0.3, -0.25) is 9.89 Å². The van der Waals surface area contributed by atoms with Crippen LogP contribution in [0.4, 0.5) is 4.79 Å². The highest BCUT2D eigenvalue weighted by Crippen LogP contribution is 2.11. The molecule has 1 aliphatic heterocycles. The van der Waals surface area contributed by atoms with Crippen molar-refractivity contribution in [2.75, 3.05) is 45.8 Å². The Bertz CT molecular complexity index is 611. The zero-order valence-corrected chi connectivity index (χ0v) is 19.5. The largest absolute Gasteiger partial charge is 0.444 e. The molecule has 8 heteroatoms. The number of nitrogens with one attached hydrogen (secondary N) is 1. The van der Waals surface area contributed by atoms with E-state index in [4.69, 9.17) is 10.5 Å². The molecule has 1 amide bonds. The van der Waals surface area contributed by atoms with Gasteiger partial charge in [0.05, 0.1) is 6.54 Å². The minimum Gasteiger partial charge on any atom is -0.444 e. The molecule has 0 aromatic heterocycles. The van der Waals surface area contributed by atoms with Crippen LogP contribution in [0.3, 0.4) is 0 Å². The third kappa shape index (κ3) is 9.59. The van der Waals surface area contributed by atoms with E-state index in [1.54, 1.807) is 4.90 Å². The molecule has 158 valence electrons. The molecule has 0 spiro atoms. The summed E-state index contributed by atoms with van der Waals surface area (Å²) in [7, 11) is 0. The summed E-state index contributed by atoms with van der Waals surface area (Å²) in [4.78, 5) is 20.5. The quantitative estimate of drug-likeness (QED) is 0.354. The van der Waals surface area contributed by atoms with Gasteiger partial charge in [-0.1, -0.05) is 30.3 Å². The number of halogens is 1. The van der Waals surface area contributed by atoms with Crippen LogP contribution in [-0.2, 0) is 11.2 Å². The van der Waals surface area contributed by atoms with E-state index in [1.807, 2.05) is 39.0 Å². The van der Waals surface area contributed by atoms with Gasteiger partial charge in [0.1, 0.15) is 5.60 Å². The highest BCUT2D eigenvalue weighted by atomic mass is 127. The third-order valence-corrected chi connectivity index (χ3v) is 4.28. The predicted octanol–water partition coefficient (Wildman–Crippen LogP) is 2.30. The van der Waals surface area contributed by atoms with Gasteiger partial charge in [-0.15, -0.1) is 24.0 Å². The number of ether oxygens (including phenoxy) is 1. The highest BCUT2D eigenvalue weighted by Gasteiger charge is 2.25. The number of rotatable bonds is 6. The fourth-order valence-electron chi connectivity index (χ4n) is 2.83. The van der Waals surface area contributed by atoms with Crippen LogP contribution in [0.2, 0.25) is 0 Å². The van der Waals surface area contributed by atoms with Crippen molar-refractivity contribution in [2.45, 2.75) is 32.8 Å². The van der Waals surface area contributed by atoms with Crippen LogP contribution in [0.5, 0.6) is 0 Å². The molecule has 1 aromatic carbocycles. The lowest BCUT2D eigenvalue weighted by atomic mass is 10.1. The van der Waals surface area contributed by atoms with E-state index < -0.39 is 5.60 Å². The van der Waals surface area contributed by atoms with E-state index >= 15 is 0 Å². The average Bonchev–Trinajstić information content (AvgIpc) is 2.62. The van der Waals surface area contributed by atoms with Crippen molar-refractivity contribution >= 4 is 36.0 Å². The van der Waals surface area contributed by atoms with Crippen molar-refractivity contribution in [2.24, 2.45) is 10.7 Å². The highest BCUT2D eigenvalue weighted by molar-refractivity contribution is 14.0. The molecule has 0 bridgehead atoms. The number of carbonyl (C=O) groups is 1. The van der Waals surface area contributed by atoms with Crippen LogP contribution in [0, 0.1) is 0 Å². The van der Waals surface area contributed by atoms with Gasteiger partial charge in [0.2, 0.25) is 0 Å². The second kappa shape index (κ2) is 12.1. The molecule has 1 saturated heterocycles. The second-order valence-electron chi connectivity index (χ2n) is 7.74. The van der Waals surface area contributed by atoms with Crippen molar-refractivity contribution in [1.29, 1.82) is 0 Å². The number of carbonyl (C=O) groups excluding carboxylic acids is 1. The maximum absolute atomic E-state index is 12.1. The Morgan fingerprint density at radius 1 is 1.18 bits per heavy atom. The van der Waals surface area contributed by atoms with Crippen LogP contribution >= 0.6 is 24.0 Å². The van der Waals surface area contributed by atoms with Gasteiger partial charge in [-0.25, -0.2) is 4.79 Å². The number of hydrogen-bond acceptors (Lipinski definition) is 4. The van der Waals surface area contributed by atoms with E-state index in [0.717, 1.165) is 32.6 Å². The van der Waals surface area contributed by atoms with Crippen LogP contribution < -0.4 is 11.1 Å². The molecule has 28 heavy (non-hydrogen) atoms. The van der Waals surface area contributed by atoms with Gasteiger partial charge in [0, 0.05) is 39.3 Å². The minimum absolute atomic E-state index is 0. The lowest BCUT2D eigenvalue weighted by Gasteiger charge is -2.35. The smallest absolute Gasteiger partial charge is 0.410 e. The number of guanidine groups is 1. The Labute approximate surface area is 185 Å². The molecule has 1 aromatic rings. The summed E-state index contributed by atoms with van der Waals surface area (Å²) in [5, 5.41) is 3.15. The number of amides is 1. The van der Waals surface area contributed by atoms with E-state index in [1.165, 1.54) is 5.56 Å². The fraction of sp³-hybridized carbons (Fsp3) is 0.600. The topological polar surface area (TPSA) is 83.2 Å². The van der Waals surface area contributed by atoms with Crippen molar-refractivity contribution in [3.8, 4) is 0 Å². The van der Waals surface area contributed by atoms with E-state index in [9.17, 15) is 4.79 Å². The monoisotopic (exact) mass is 503 g/mol. The standard InChI is InChI=1S/C20H33N5O2.HI/c1-20(2,3)27-19(26)25-15-13-24(14-16-25)12-11-23-18(21)22-10-9-17-7-5-4-6-8-17;/h4-8H,9-16H2,1-3H3,(H3,21,22,23);1H. The normalized spacial score (nSPS) is 15.7.